The first-order valence-electron chi connectivity index (χ1n) is 9.67. The molecule has 3 aromatic heterocycles. The van der Waals surface area contributed by atoms with Crippen molar-refractivity contribution in [2.45, 2.75) is 19.9 Å². The largest absolute Gasteiger partial charge is 0.452 e. The molecule has 0 saturated heterocycles. The van der Waals surface area contributed by atoms with E-state index in [9.17, 15) is 18.4 Å². The molecule has 0 aliphatic heterocycles. The van der Waals surface area contributed by atoms with Crippen molar-refractivity contribution in [2.75, 3.05) is 11.9 Å². The van der Waals surface area contributed by atoms with E-state index >= 15 is 0 Å². The number of halogens is 2. The van der Waals surface area contributed by atoms with Crippen LogP contribution in [0.25, 0.3) is 21.6 Å². The van der Waals surface area contributed by atoms with Crippen LogP contribution < -0.4 is 5.32 Å². The van der Waals surface area contributed by atoms with Crippen molar-refractivity contribution in [3.05, 3.63) is 65.2 Å². The summed E-state index contributed by atoms with van der Waals surface area (Å²) in [6.07, 6.45) is 1.53. The van der Waals surface area contributed by atoms with E-state index in [1.807, 2.05) is 31.4 Å². The third-order valence-electron chi connectivity index (χ3n) is 4.59. The fourth-order valence-corrected chi connectivity index (χ4v) is 3.79. The number of carbonyl (C=O) groups excluding carboxylic acids is 2. The van der Waals surface area contributed by atoms with Gasteiger partial charge in [0.25, 0.3) is 5.91 Å². The standard InChI is InChI=1S/C22H18F2N4O3S/c1-12(2)28-21-15(10-25-28)14(9-18(27-21)19-4-3-7-32-19)22(30)31-11-20(29)26-17-6-5-13(23)8-16(17)24/h3-10,12H,11H2,1-2H3,(H,26,29). The number of esters is 1. The minimum atomic E-state index is -0.929. The van der Waals surface area contributed by atoms with E-state index in [0.29, 0.717) is 22.8 Å². The van der Waals surface area contributed by atoms with Gasteiger partial charge in [-0.15, -0.1) is 11.3 Å². The Morgan fingerprint density at radius 3 is 2.72 bits per heavy atom. The maximum Gasteiger partial charge on any atom is 0.339 e. The first-order chi connectivity index (χ1) is 15.3. The van der Waals surface area contributed by atoms with Crippen molar-refractivity contribution in [2.24, 2.45) is 0 Å². The smallest absolute Gasteiger partial charge is 0.339 e. The number of anilines is 1. The third kappa shape index (κ3) is 4.35. The van der Waals surface area contributed by atoms with Crippen LogP contribution >= 0.6 is 11.3 Å². The van der Waals surface area contributed by atoms with Crippen LogP contribution in [0.1, 0.15) is 30.2 Å². The highest BCUT2D eigenvalue weighted by molar-refractivity contribution is 7.13. The summed E-state index contributed by atoms with van der Waals surface area (Å²) in [5, 5.41) is 8.97. The number of rotatable bonds is 6. The molecule has 0 spiro atoms. The number of nitrogens with zero attached hydrogens (tertiary/aromatic N) is 3. The molecule has 0 bridgehead atoms. The van der Waals surface area contributed by atoms with Gasteiger partial charge in [0.15, 0.2) is 12.3 Å². The van der Waals surface area contributed by atoms with Crippen molar-refractivity contribution >= 4 is 39.9 Å². The van der Waals surface area contributed by atoms with Gasteiger partial charge in [-0.1, -0.05) is 6.07 Å². The van der Waals surface area contributed by atoms with Crippen LogP contribution in [-0.4, -0.2) is 33.2 Å². The molecule has 4 rings (SSSR count). The topological polar surface area (TPSA) is 86.1 Å². The number of amides is 1. The number of ether oxygens (including phenoxy) is 1. The molecule has 1 aromatic carbocycles. The first kappa shape index (κ1) is 21.6. The monoisotopic (exact) mass is 456 g/mol. The number of benzene rings is 1. The second-order valence-electron chi connectivity index (χ2n) is 7.20. The van der Waals surface area contributed by atoms with Gasteiger partial charge in [0.2, 0.25) is 0 Å². The Hall–Kier alpha value is -3.66. The van der Waals surface area contributed by atoms with E-state index in [4.69, 9.17) is 4.74 Å². The summed E-state index contributed by atoms with van der Waals surface area (Å²) in [5.74, 6) is -3.20. The Labute approximate surface area is 185 Å². The van der Waals surface area contributed by atoms with Crippen molar-refractivity contribution < 1.29 is 23.1 Å². The maximum atomic E-state index is 13.7. The highest BCUT2D eigenvalue weighted by atomic mass is 32.1. The molecule has 0 fully saturated rings. The number of hydrogen-bond donors (Lipinski definition) is 1. The number of fused-ring (bicyclic) bond motifs is 1. The Balaban J connectivity index is 1.58. The Morgan fingerprint density at radius 2 is 2.03 bits per heavy atom. The molecule has 10 heteroatoms. The van der Waals surface area contributed by atoms with Crippen LogP contribution in [0, 0.1) is 11.6 Å². The summed E-state index contributed by atoms with van der Waals surface area (Å²) in [5.41, 5.74) is 1.11. The van der Waals surface area contributed by atoms with Crippen LogP contribution in [0.15, 0.2) is 48.0 Å². The minimum Gasteiger partial charge on any atom is -0.452 e. The Kier molecular flexibility index (Phi) is 5.95. The lowest BCUT2D eigenvalue weighted by molar-refractivity contribution is -0.119. The molecule has 0 aliphatic carbocycles. The van der Waals surface area contributed by atoms with E-state index < -0.39 is 30.1 Å². The average molecular weight is 456 g/mol. The highest BCUT2D eigenvalue weighted by Crippen LogP contribution is 2.29. The molecule has 0 saturated carbocycles. The zero-order valence-electron chi connectivity index (χ0n) is 17.1. The zero-order valence-corrected chi connectivity index (χ0v) is 18.0. The van der Waals surface area contributed by atoms with E-state index in [0.717, 1.165) is 17.0 Å². The molecule has 4 aromatic rings. The van der Waals surface area contributed by atoms with Crippen LogP contribution in [-0.2, 0) is 9.53 Å². The van der Waals surface area contributed by atoms with Crippen LogP contribution in [0.2, 0.25) is 0 Å². The highest BCUT2D eigenvalue weighted by Gasteiger charge is 2.21. The van der Waals surface area contributed by atoms with Gasteiger partial charge >= 0.3 is 5.97 Å². The summed E-state index contributed by atoms with van der Waals surface area (Å²) in [4.78, 5) is 30.5. The van der Waals surface area contributed by atoms with Crippen molar-refractivity contribution in [1.82, 2.24) is 14.8 Å². The fraction of sp³-hybridized carbons (Fsp3) is 0.182. The normalized spacial score (nSPS) is 11.2. The number of aromatic nitrogens is 3. The van der Waals surface area contributed by atoms with E-state index in [-0.39, 0.29) is 17.3 Å². The van der Waals surface area contributed by atoms with E-state index in [1.54, 1.807) is 10.7 Å². The molecule has 7 nitrogen and oxygen atoms in total. The molecule has 164 valence electrons. The quantitative estimate of drug-likeness (QED) is 0.421. The number of thiophene rings is 1. The molecule has 0 radical (unpaired) electrons. The molecular weight excluding hydrogens is 438 g/mol. The lowest BCUT2D eigenvalue weighted by Gasteiger charge is -2.10. The van der Waals surface area contributed by atoms with Crippen molar-refractivity contribution in [1.29, 1.82) is 0 Å². The van der Waals surface area contributed by atoms with Crippen molar-refractivity contribution in [3.8, 4) is 10.6 Å². The summed E-state index contributed by atoms with van der Waals surface area (Å²) in [6, 6.07) is 8.12. The SMILES string of the molecule is CC(C)n1ncc2c(C(=O)OCC(=O)Nc3ccc(F)cc3F)cc(-c3cccs3)nc21. The second-order valence-corrected chi connectivity index (χ2v) is 8.15. The number of carbonyl (C=O) groups is 2. The van der Waals surface area contributed by atoms with Gasteiger partial charge in [-0.25, -0.2) is 23.2 Å². The van der Waals surface area contributed by atoms with Crippen LogP contribution in [0.5, 0.6) is 0 Å². The summed E-state index contributed by atoms with van der Waals surface area (Å²) in [6.45, 7) is 3.25. The Morgan fingerprint density at radius 1 is 1.22 bits per heavy atom. The predicted molar refractivity (Wildman–Crippen MR) is 116 cm³/mol. The maximum absolute atomic E-state index is 13.7. The molecular formula is C22H18F2N4O3S. The fourth-order valence-electron chi connectivity index (χ4n) is 3.10. The van der Waals surface area contributed by atoms with Gasteiger partial charge in [0.05, 0.1) is 33.4 Å². The third-order valence-corrected chi connectivity index (χ3v) is 5.48. The lowest BCUT2D eigenvalue weighted by atomic mass is 10.1. The van der Waals surface area contributed by atoms with Gasteiger partial charge in [0.1, 0.15) is 11.6 Å². The average Bonchev–Trinajstić information content (AvgIpc) is 3.43. The molecule has 1 amide bonds. The molecule has 1 N–H and O–H groups in total. The first-order valence-corrected chi connectivity index (χ1v) is 10.6. The van der Waals surface area contributed by atoms with Crippen molar-refractivity contribution in [3.63, 3.8) is 0 Å². The van der Waals surface area contributed by atoms with Gasteiger partial charge in [0, 0.05) is 12.1 Å². The van der Waals surface area contributed by atoms with Gasteiger partial charge in [-0.3, -0.25) is 4.79 Å². The molecule has 0 aliphatic rings. The lowest BCUT2D eigenvalue weighted by Crippen LogP contribution is -2.21. The molecule has 3 heterocycles. The molecule has 0 unspecified atom stereocenters. The van der Waals surface area contributed by atoms with Crippen LogP contribution in [0.3, 0.4) is 0 Å². The molecule has 32 heavy (non-hydrogen) atoms. The zero-order chi connectivity index (χ0) is 22.8. The van der Waals surface area contributed by atoms with Gasteiger partial charge in [-0.2, -0.15) is 5.10 Å². The Bertz CT molecular complexity index is 1300. The minimum absolute atomic E-state index is 0.0128. The summed E-state index contributed by atoms with van der Waals surface area (Å²) >= 11 is 1.47. The number of pyridine rings is 1. The van der Waals surface area contributed by atoms with Crippen LogP contribution in [0.4, 0.5) is 14.5 Å². The number of nitrogens with one attached hydrogen (secondary N) is 1. The van der Waals surface area contributed by atoms with Gasteiger partial charge in [-0.05, 0) is 43.5 Å². The summed E-state index contributed by atoms with van der Waals surface area (Å²) < 4.78 is 33.6. The summed E-state index contributed by atoms with van der Waals surface area (Å²) in [7, 11) is 0. The molecule has 0 atom stereocenters. The van der Waals surface area contributed by atoms with E-state index in [2.05, 4.69) is 15.4 Å². The number of hydrogen-bond acceptors (Lipinski definition) is 6. The predicted octanol–water partition coefficient (Wildman–Crippen LogP) is 4.81. The second kappa shape index (κ2) is 8.83. The van der Waals surface area contributed by atoms with Gasteiger partial charge < -0.3 is 10.1 Å². The van der Waals surface area contributed by atoms with E-state index in [1.165, 1.54) is 17.5 Å².